The summed E-state index contributed by atoms with van der Waals surface area (Å²) in [6.07, 6.45) is -1.70. The van der Waals surface area contributed by atoms with Gasteiger partial charge in [0.15, 0.2) is 12.4 Å². The topological polar surface area (TPSA) is 100 Å². The van der Waals surface area contributed by atoms with Crippen molar-refractivity contribution in [3.63, 3.8) is 0 Å². The van der Waals surface area contributed by atoms with Crippen molar-refractivity contribution in [3.8, 4) is 0 Å². The van der Waals surface area contributed by atoms with Crippen molar-refractivity contribution in [1.29, 1.82) is 0 Å². The van der Waals surface area contributed by atoms with E-state index < -0.39 is 36.5 Å². The molecule has 1 amide bonds. The lowest BCUT2D eigenvalue weighted by Gasteiger charge is -2.40. The number of hydrogen-bond donors (Lipinski definition) is 1. The fourth-order valence-electron chi connectivity index (χ4n) is 2.31. The van der Waals surface area contributed by atoms with Gasteiger partial charge in [0.2, 0.25) is 5.91 Å². The molecule has 1 heterocycles. The molecular formula is C14H23NO7. The van der Waals surface area contributed by atoms with Crippen LogP contribution in [-0.2, 0) is 33.3 Å². The molecule has 1 saturated heterocycles. The SMILES string of the molecule is CCO[C@H]1C[C@@H](NC(C)=O)[C@H](OC(C)=O)[C@@H](COC(C)=O)O1. The third kappa shape index (κ3) is 5.98. The molecule has 0 bridgehead atoms. The molecule has 0 aromatic heterocycles. The highest BCUT2D eigenvalue weighted by atomic mass is 16.7. The molecule has 0 saturated carbocycles. The van der Waals surface area contributed by atoms with E-state index in [1.165, 1.54) is 20.8 Å². The maximum atomic E-state index is 11.4. The van der Waals surface area contributed by atoms with Gasteiger partial charge in [0, 0.05) is 33.8 Å². The van der Waals surface area contributed by atoms with Crippen molar-refractivity contribution in [2.75, 3.05) is 13.2 Å². The Hall–Kier alpha value is -1.67. The first-order valence-corrected chi connectivity index (χ1v) is 7.18. The van der Waals surface area contributed by atoms with Crippen LogP contribution in [0.1, 0.15) is 34.1 Å². The maximum Gasteiger partial charge on any atom is 0.303 e. The molecule has 1 rings (SSSR count). The minimum absolute atomic E-state index is 0.0903. The van der Waals surface area contributed by atoms with Crippen molar-refractivity contribution < 1.29 is 33.3 Å². The molecule has 0 unspecified atom stereocenters. The number of hydrogen-bond acceptors (Lipinski definition) is 7. The van der Waals surface area contributed by atoms with Crippen LogP contribution in [-0.4, -0.2) is 55.6 Å². The highest BCUT2D eigenvalue weighted by molar-refractivity contribution is 5.73. The molecule has 0 spiro atoms. The number of carbonyl (C=O) groups is 3. The first-order valence-electron chi connectivity index (χ1n) is 7.18. The molecular weight excluding hydrogens is 294 g/mol. The Bertz CT molecular complexity index is 412. The van der Waals surface area contributed by atoms with Crippen LogP contribution in [0.15, 0.2) is 0 Å². The minimum Gasteiger partial charge on any atom is -0.463 e. The van der Waals surface area contributed by atoms with E-state index in [0.29, 0.717) is 13.0 Å². The van der Waals surface area contributed by atoms with E-state index in [1.54, 1.807) is 0 Å². The quantitative estimate of drug-likeness (QED) is 0.695. The summed E-state index contributed by atoms with van der Waals surface area (Å²) in [4.78, 5) is 33.7. The lowest BCUT2D eigenvalue weighted by atomic mass is 9.98. The molecule has 126 valence electrons. The lowest BCUT2D eigenvalue weighted by Crippen LogP contribution is -2.58. The van der Waals surface area contributed by atoms with Gasteiger partial charge in [0.05, 0.1) is 6.04 Å². The Morgan fingerprint density at radius 2 is 1.86 bits per heavy atom. The van der Waals surface area contributed by atoms with Gasteiger partial charge in [-0.1, -0.05) is 0 Å². The number of ether oxygens (including phenoxy) is 4. The molecule has 0 aliphatic carbocycles. The van der Waals surface area contributed by atoms with E-state index in [1.807, 2.05) is 6.92 Å². The van der Waals surface area contributed by atoms with Crippen LogP contribution >= 0.6 is 0 Å². The number of rotatable bonds is 6. The van der Waals surface area contributed by atoms with Gasteiger partial charge in [-0.2, -0.15) is 0 Å². The Morgan fingerprint density at radius 3 is 2.36 bits per heavy atom. The monoisotopic (exact) mass is 317 g/mol. The molecule has 1 aliphatic heterocycles. The molecule has 22 heavy (non-hydrogen) atoms. The minimum atomic E-state index is -0.752. The number of amides is 1. The van der Waals surface area contributed by atoms with Crippen LogP contribution in [0.25, 0.3) is 0 Å². The molecule has 4 atom stereocenters. The summed E-state index contributed by atoms with van der Waals surface area (Å²) in [5, 5.41) is 2.73. The van der Waals surface area contributed by atoms with Crippen molar-refractivity contribution in [2.45, 2.75) is 58.7 Å². The Morgan fingerprint density at radius 1 is 1.18 bits per heavy atom. The largest absolute Gasteiger partial charge is 0.463 e. The van der Waals surface area contributed by atoms with Crippen molar-refractivity contribution in [2.24, 2.45) is 0 Å². The average molecular weight is 317 g/mol. The number of carbonyl (C=O) groups excluding carboxylic acids is 3. The zero-order chi connectivity index (χ0) is 16.7. The third-order valence-electron chi connectivity index (χ3n) is 3.03. The molecule has 1 fully saturated rings. The highest BCUT2D eigenvalue weighted by Crippen LogP contribution is 2.24. The predicted octanol–water partition coefficient (Wildman–Crippen LogP) is 0.137. The fourth-order valence-corrected chi connectivity index (χ4v) is 2.31. The first-order chi connectivity index (χ1) is 10.3. The lowest BCUT2D eigenvalue weighted by molar-refractivity contribution is -0.243. The van der Waals surface area contributed by atoms with E-state index in [9.17, 15) is 14.4 Å². The second kappa shape index (κ2) is 8.70. The van der Waals surface area contributed by atoms with Crippen LogP contribution in [0, 0.1) is 0 Å². The van der Waals surface area contributed by atoms with E-state index in [-0.39, 0.29) is 12.5 Å². The molecule has 0 radical (unpaired) electrons. The smallest absolute Gasteiger partial charge is 0.303 e. The summed E-state index contributed by atoms with van der Waals surface area (Å²) in [7, 11) is 0. The van der Waals surface area contributed by atoms with E-state index in [0.717, 1.165) is 0 Å². The van der Waals surface area contributed by atoms with Crippen molar-refractivity contribution >= 4 is 17.8 Å². The van der Waals surface area contributed by atoms with Gasteiger partial charge in [0.25, 0.3) is 0 Å². The fraction of sp³-hybridized carbons (Fsp3) is 0.786. The van der Waals surface area contributed by atoms with Crippen LogP contribution < -0.4 is 5.32 Å². The van der Waals surface area contributed by atoms with Crippen LogP contribution in [0.3, 0.4) is 0 Å². The van der Waals surface area contributed by atoms with Gasteiger partial charge in [-0.15, -0.1) is 0 Å². The Labute approximate surface area is 129 Å². The van der Waals surface area contributed by atoms with Gasteiger partial charge in [-0.25, -0.2) is 0 Å². The zero-order valence-electron chi connectivity index (χ0n) is 13.3. The Balaban J connectivity index is 2.89. The van der Waals surface area contributed by atoms with Crippen LogP contribution in [0.2, 0.25) is 0 Å². The van der Waals surface area contributed by atoms with Crippen LogP contribution in [0.5, 0.6) is 0 Å². The highest BCUT2D eigenvalue weighted by Gasteiger charge is 2.42. The molecule has 1 aliphatic rings. The average Bonchev–Trinajstić information content (AvgIpc) is 2.38. The molecule has 8 heteroatoms. The van der Waals surface area contributed by atoms with Crippen molar-refractivity contribution in [1.82, 2.24) is 5.32 Å². The molecule has 8 nitrogen and oxygen atoms in total. The van der Waals surface area contributed by atoms with Gasteiger partial charge < -0.3 is 24.3 Å². The van der Waals surface area contributed by atoms with Crippen LogP contribution in [0.4, 0.5) is 0 Å². The maximum absolute atomic E-state index is 11.4. The summed E-state index contributed by atoms with van der Waals surface area (Å²) < 4.78 is 21.3. The number of esters is 2. The van der Waals surface area contributed by atoms with Gasteiger partial charge in [-0.05, 0) is 6.92 Å². The van der Waals surface area contributed by atoms with Crippen molar-refractivity contribution in [3.05, 3.63) is 0 Å². The molecule has 1 N–H and O–H groups in total. The summed E-state index contributed by atoms with van der Waals surface area (Å²) >= 11 is 0. The zero-order valence-corrected chi connectivity index (χ0v) is 13.3. The van der Waals surface area contributed by atoms with Gasteiger partial charge >= 0.3 is 11.9 Å². The molecule has 0 aromatic rings. The summed E-state index contributed by atoms with van der Waals surface area (Å²) in [6.45, 7) is 6.06. The van der Waals surface area contributed by atoms with E-state index in [4.69, 9.17) is 18.9 Å². The molecule has 0 aromatic carbocycles. The predicted molar refractivity (Wildman–Crippen MR) is 74.7 cm³/mol. The van der Waals surface area contributed by atoms with E-state index >= 15 is 0 Å². The standard InChI is InChI=1S/C14H23NO7/c1-5-19-13-6-11(15-8(2)16)14(21-10(4)18)12(22-13)7-20-9(3)17/h11-14H,5-7H2,1-4H3,(H,15,16)/t11-,12-,13-,14+/m1/s1. The third-order valence-corrected chi connectivity index (χ3v) is 3.03. The summed E-state index contributed by atoms with van der Waals surface area (Å²) in [6, 6.07) is -0.479. The summed E-state index contributed by atoms with van der Waals surface area (Å²) in [5.74, 6) is -1.24. The second-order valence-corrected chi connectivity index (χ2v) is 4.98. The summed E-state index contributed by atoms with van der Waals surface area (Å²) in [5.41, 5.74) is 0. The number of nitrogens with one attached hydrogen (secondary N) is 1. The second-order valence-electron chi connectivity index (χ2n) is 4.98. The van der Waals surface area contributed by atoms with E-state index in [2.05, 4.69) is 5.32 Å². The normalized spacial score (nSPS) is 27.8. The Kier molecular flexibility index (Phi) is 7.26. The van der Waals surface area contributed by atoms with Gasteiger partial charge in [-0.3, -0.25) is 14.4 Å². The first kappa shape index (κ1) is 18.4. The van der Waals surface area contributed by atoms with Gasteiger partial charge in [0.1, 0.15) is 12.7 Å².